The molecule has 0 bridgehead atoms. The highest BCUT2D eigenvalue weighted by atomic mass is 35.5. The van der Waals surface area contributed by atoms with Gasteiger partial charge in [-0.25, -0.2) is 4.98 Å². The smallest absolute Gasteiger partial charge is 0.272 e. The lowest BCUT2D eigenvalue weighted by molar-refractivity contribution is -0.134. The summed E-state index contributed by atoms with van der Waals surface area (Å²) in [5.74, 6) is -1.60. The fourth-order valence-electron chi connectivity index (χ4n) is 1.66. The van der Waals surface area contributed by atoms with Crippen LogP contribution < -0.4 is 10.6 Å². The fourth-order valence-corrected chi connectivity index (χ4v) is 2.23. The molecule has 3 amide bonds. The number of carbonyl (C=O) groups excluding carboxylic acids is 3. The van der Waals surface area contributed by atoms with Crippen LogP contribution in [0.25, 0.3) is 0 Å². The molecule has 2 N–H and O–H groups in total. The average molecular weight is 337 g/mol. The van der Waals surface area contributed by atoms with Crippen LogP contribution in [0.5, 0.6) is 0 Å². The third-order valence-electron chi connectivity index (χ3n) is 2.68. The molecule has 0 aliphatic carbocycles. The van der Waals surface area contributed by atoms with Crippen molar-refractivity contribution in [3.05, 3.63) is 27.0 Å². The molecular formula is C11H8Cl3N3O3. The van der Waals surface area contributed by atoms with Gasteiger partial charge in [-0.15, -0.1) is 0 Å². The molecule has 0 spiro atoms. The van der Waals surface area contributed by atoms with E-state index in [9.17, 15) is 14.4 Å². The van der Waals surface area contributed by atoms with E-state index in [0.717, 1.165) is 0 Å². The maximum Gasteiger partial charge on any atom is 0.272 e. The number of imide groups is 1. The van der Waals surface area contributed by atoms with Crippen LogP contribution in [0, 0.1) is 0 Å². The molecule has 0 saturated carbocycles. The molecule has 1 aliphatic rings. The summed E-state index contributed by atoms with van der Waals surface area (Å²) in [6.45, 7) is 0. The summed E-state index contributed by atoms with van der Waals surface area (Å²) in [6, 6.07) is -0.812. The second-order valence-electron chi connectivity index (χ2n) is 4.06. The predicted octanol–water partition coefficient (Wildman–Crippen LogP) is 1.58. The second-order valence-corrected chi connectivity index (χ2v) is 5.22. The first-order valence-corrected chi connectivity index (χ1v) is 6.67. The Morgan fingerprint density at radius 3 is 2.65 bits per heavy atom. The number of aromatic nitrogens is 1. The molecule has 2 heterocycles. The first-order chi connectivity index (χ1) is 9.40. The quantitative estimate of drug-likeness (QED) is 0.803. The number of halogens is 3. The van der Waals surface area contributed by atoms with E-state index in [2.05, 4.69) is 15.6 Å². The third-order valence-corrected chi connectivity index (χ3v) is 3.92. The first kappa shape index (κ1) is 15.0. The van der Waals surface area contributed by atoms with Gasteiger partial charge in [0.25, 0.3) is 5.91 Å². The Hall–Kier alpha value is -1.37. The third kappa shape index (κ3) is 3.03. The maximum absolute atomic E-state index is 12.0. The number of hydrogen-bond acceptors (Lipinski definition) is 4. The van der Waals surface area contributed by atoms with E-state index in [1.807, 2.05) is 0 Å². The van der Waals surface area contributed by atoms with E-state index in [-0.39, 0.29) is 39.5 Å². The Labute approximate surface area is 128 Å². The largest absolute Gasteiger partial charge is 0.339 e. The topological polar surface area (TPSA) is 88.2 Å². The van der Waals surface area contributed by atoms with Crippen molar-refractivity contribution in [3.63, 3.8) is 0 Å². The van der Waals surface area contributed by atoms with Gasteiger partial charge < -0.3 is 5.32 Å². The first-order valence-electron chi connectivity index (χ1n) is 5.54. The van der Waals surface area contributed by atoms with Gasteiger partial charge >= 0.3 is 0 Å². The van der Waals surface area contributed by atoms with Crippen molar-refractivity contribution in [2.45, 2.75) is 18.9 Å². The molecule has 1 aromatic rings. The second kappa shape index (κ2) is 5.95. The van der Waals surface area contributed by atoms with Gasteiger partial charge in [0.1, 0.15) is 11.7 Å². The highest BCUT2D eigenvalue weighted by Gasteiger charge is 2.29. The summed E-state index contributed by atoms with van der Waals surface area (Å²) >= 11 is 17.4. The van der Waals surface area contributed by atoms with E-state index in [1.165, 1.54) is 6.20 Å². The van der Waals surface area contributed by atoms with Crippen LogP contribution >= 0.6 is 34.8 Å². The Kier molecular flexibility index (Phi) is 4.47. The van der Waals surface area contributed by atoms with Crippen molar-refractivity contribution in [2.24, 2.45) is 0 Å². The predicted molar refractivity (Wildman–Crippen MR) is 72.9 cm³/mol. The number of hydrogen-bond donors (Lipinski definition) is 2. The summed E-state index contributed by atoms with van der Waals surface area (Å²) in [5, 5.41) is 4.61. The van der Waals surface area contributed by atoms with Crippen molar-refractivity contribution < 1.29 is 14.4 Å². The summed E-state index contributed by atoms with van der Waals surface area (Å²) in [7, 11) is 0. The Bertz CT molecular complexity index is 606. The van der Waals surface area contributed by atoms with E-state index >= 15 is 0 Å². The zero-order valence-electron chi connectivity index (χ0n) is 9.87. The van der Waals surface area contributed by atoms with Crippen LogP contribution in [0.1, 0.15) is 23.3 Å². The molecule has 0 aromatic carbocycles. The maximum atomic E-state index is 12.0. The molecule has 1 unspecified atom stereocenters. The van der Waals surface area contributed by atoms with Crippen LogP contribution in [0.15, 0.2) is 6.20 Å². The highest BCUT2D eigenvalue weighted by Crippen LogP contribution is 2.31. The molecule has 1 saturated heterocycles. The zero-order chi connectivity index (χ0) is 14.9. The minimum absolute atomic E-state index is 0.0109. The van der Waals surface area contributed by atoms with Crippen molar-refractivity contribution >= 4 is 52.5 Å². The normalized spacial score (nSPS) is 18.6. The average Bonchev–Trinajstić information content (AvgIpc) is 2.39. The van der Waals surface area contributed by atoms with Gasteiger partial charge in [0.2, 0.25) is 11.8 Å². The van der Waals surface area contributed by atoms with Crippen molar-refractivity contribution in [2.75, 3.05) is 0 Å². The van der Waals surface area contributed by atoms with Crippen LogP contribution in [0.4, 0.5) is 0 Å². The molecule has 0 radical (unpaired) electrons. The van der Waals surface area contributed by atoms with Gasteiger partial charge in [0.15, 0.2) is 0 Å². The molecule has 1 atom stereocenters. The molecule has 1 aliphatic heterocycles. The summed E-state index contributed by atoms with van der Waals surface area (Å²) in [5.41, 5.74) is -0.134. The molecular weight excluding hydrogens is 328 g/mol. The standard InChI is InChI=1S/C11H8Cl3N3O3/c12-4-3-15-9(8(14)7(4)13)11(20)16-5-1-2-6(18)17-10(5)19/h3,5H,1-2H2,(H,16,20)(H,17,18,19). The number of amides is 3. The number of nitrogens with one attached hydrogen (secondary N) is 2. The Morgan fingerprint density at radius 2 is 2.00 bits per heavy atom. The van der Waals surface area contributed by atoms with Crippen molar-refractivity contribution in [3.8, 4) is 0 Å². The minimum Gasteiger partial charge on any atom is -0.339 e. The number of nitrogens with zero attached hydrogens (tertiary/aromatic N) is 1. The minimum atomic E-state index is -0.812. The van der Waals surface area contributed by atoms with Gasteiger partial charge in [-0.05, 0) is 6.42 Å². The number of pyridine rings is 1. The van der Waals surface area contributed by atoms with Crippen LogP contribution in [0.2, 0.25) is 15.1 Å². The summed E-state index contributed by atoms with van der Waals surface area (Å²) in [6.07, 6.45) is 1.56. The van der Waals surface area contributed by atoms with E-state index in [4.69, 9.17) is 34.8 Å². The zero-order valence-corrected chi connectivity index (χ0v) is 12.1. The van der Waals surface area contributed by atoms with Gasteiger partial charge in [-0.1, -0.05) is 34.8 Å². The van der Waals surface area contributed by atoms with E-state index in [1.54, 1.807) is 0 Å². The van der Waals surface area contributed by atoms with Gasteiger partial charge in [0.05, 0.1) is 15.1 Å². The van der Waals surface area contributed by atoms with Gasteiger partial charge in [0, 0.05) is 12.6 Å². The monoisotopic (exact) mass is 335 g/mol. The molecule has 20 heavy (non-hydrogen) atoms. The number of piperidine rings is 1. The highest BCUT2D eigenvalue weighted by molar-refractivity contribution is 6.48. The van der Waals surface area contributed by atoms with Crippen LogP contribution in [-0.2, 0) is 9.59 Å². The molecule has 1 aromatic heterocycles. The summed E-state index contributed by atoms with van der Waals surface area (Å²) < 4.78 is 0. The summed E-state index contributed by atoms with van der Waals surface area (Å²) in [4.78, 5) is 38.3. The van der Waals surface area contributed by atoms with Crippen LogP contribution in [0.3, 0.4) is 0 Å². The number of carbonyl (C=O) groups is 3. The van der Waals surface area contributed by atoms with Gasteiger partial charge in [-0.2, -0.15) is 0 Å². The molecule has 106 valence electrons. The van der Waals surface area contributed by atoms with E-state index in [0.29, 0.717) is 0 Å². The van der Waals surface area contributed by atoms with Crippen molar-refractivity contribution in [1.82, 2.24) is 15.6 Å². The Balaban J connectivity index is 2.15. The fraction of sp³-hybridized carbons (Fsp3) is 0.273. The van der Waals surface area contributed by atoms with Crippen molar-refractivity contribution in [1.29, 1.82) is 0 Å². The van der Waals surface area contributed by atoms with E-state index < -0.39 is 17.9 Å². The molecule has 6 nitrogen and oxygen atoms in total. The lowest BCUT2D eigenvalue weighted by atomic mass is 10.1. The lowest BCUT2D eigenvalue weighted by Crippen LogP contribution is -2.52. The molecule has 2 rings (SSSR count). The number of rotatable bonds is 2. The Morgan fingerprint density at radius 1 is 1.30 bits per heavy atom. The molecule has 1 fully saturated rings. The van der Waals surface area contributed by atoms with Gasteiger partial charge in [-0.3, -0.25) is 19.7 Å². The molecule has 9 heteroatoms. The van der Waals surface area contributed by atoms with Crippen LogP contribution in [-0.4, -0.2) is 28.7 Å². The SMILES string of the molecule is O=C1CCC(NC(=O)c2ncc(Cl)c(Cl)c2Cl)C(=O)N1. The lowest BCUT2D eigenvalue weighted by Gasteiger charge is -2.21.